The molecule has 1 unspecified atom stereocenters. The summed E-state index contributed by atoms with van der Waals surface area (Å²) in [7, 11) is 0. The topological polar surface area (TPSA) is 65.5 Å². The lowest BCUT2D eigenvalue weighted by Gasteiger charge is -2.31. The Kier molecular flexibility index (Phi) is 6.45. The van der Waals surface area contributed by atoms with Crippen molar-refractivity contribution in [2.75, 3.05) is 36.4 Å². The summed E-state index contributed by atoms with van der Waals surface area (Å²) in [6, 6.07) is 7.52. The number of carbonyl (C=O) groups is 2. The SMILES string of the molecule is CCN(CC)c1ccc(NC(=O)C2CCCN(C(=O)c3cccs3)C2)cn1. The first kappa shape index (κ1) is 19.4. The van der Waals surface area contributed by atoms with E-state index in [1.807, 2.05) is 29.6 Å². The van der Waals surface area contributed by atoms with E-state index in [2.05, 4.69) is 29.0 Å². The van der Waals surface area contributed by atoms with Gasteiger partial charge in [-0.15, -0.1) is 11.3 Å². The first-order chi connectivity index (χ1) is 13.1. The highest BCUT2D eigenvalue weighted by Gasteiger charge is 2.29. The van der Waals surface area contributed by atoms with Crippen LogP contribution in [0.25, 0.3) is 0 Å². The lowest BCUT2D eigenvalue weighted by Crippen LogP contribution is -2.43. The van der Waals surface area contributed by atoms with Crippen molar-refractivity contribution in [1.82, 2.24) is 9.88 Å². The van der Waals surface area contributed by atoms with Crippen molar-refractivity contribution in [2.24, 2.45) is 5.92 Å². The number of likely N-dealkylation sites (tertiary alicyclic amines) is 1. The van der Waals surface area contributed by atoms with Crippen molar-refractivity contribution in [1.29, 1.82) is 0 Å². The summed E-state index contributed by atoms with van der Waals surface area (Å²) in [5, 5.41) is 4.85. The molecule has 2 amide bonds. The van der Waals surface area contributed by atoms with Crippen LogP contribution >= 0.6 is 11.3 Å². The van der Waals surface area contributed by atoms with Crippen LogP contribution < -0.4 is 10.2 Å². The fraction of sp³-hybridized carbons (Fsp3) is 0.450. The van der Waals surface area contributed by atoms with Gasteiger partial charge in [-0.3, -0.25) is 9.59 Å². The van der Waals surface area contributed by atoms with Gasteiger partial charge < -0.3 is 15.1 Å². The van der Waals surface area contributed by atoms with E-state index in [1.54, 1.807) is 11.1 Å². The molecule has 2 aromatic rings. The summed E-state index contributed by atoms with van der Waals surface area (Å²) in [5.41, 5.74) is 0.692. The molecule has 1 aliphatic rings. The molecule has 27 heavy (non-hydrogen) atoms. The molecule has 0 bridgehead atoms. The van der Waals surface area contributed by atoms with Gasteiger partial charge in [0.2, 0.25) is 5.91 Å². The van der Waals surface area contributed by atoms with Crippen molar-refractivity contribution in [3.8, 4) is 0 Å². The van der Waals surface area contributed by atoms with Gasteiger partial charge in [0, 0.05) is 26.2 Å². The number of rotatable bonds is 6. The third-order valence-electron chi connectivity index (χ3n) is 4.91. The van der Waals surface area contributed by atoms with E-state index in [4.69, 9.17) is 0 Å². The Morgan fingerprint density at radius 2 is 2.11 bits per heavy atom. The largest absolute Gasteiger partial charge is 0.357 e. The van der Waals surface area contributed by atoms with Gasteiger partial charge in [-0.05, 0) is 50.3 Å². The fourth-order valence-corrected chi connectivity index (χ4v) is 4.06. The van der Waals surface area contributed by atoms with Crippen molar-refractivity contribution in [3.05, 3.63) is 40.7 Å². The highest BCUT2D eigenvalue weighted by atomic mass is 32.1. The number of carbonyl (C=O) groups excluding carboxylic acids is 2. The molecule has 1 N–H and O–H groups in total. The Bertz CT molecular complexity index is 757. The molecular weight excluding hydrogens is 360 g/mol. The summed E-state index contributed by atoms with van der Waals surface area (Å²) in [5.74, 6) is 0.692. The average molecular weight is 387 g/mol. The molecule has 0 saturated carbocycles. The molecule has 2 aromatic heterocycles. The fourth-order valence-electron chi connectivity index (χ4n) is 3.37. The molecule has 7 heteroatoms. The second kappa shape index (κ2) is 8.99. The van der Waals surface area contributed by atoms with Gasteiger partial charge in [0.05, 0.1) is 22.7 Å². The smallest absolute Gasteiger partial charge is 0.263 e. The maximum atomic E-state index is 12.7. The van der Waals surface area contributed by atoms with Gasteiger partial charge in [0.1, 0.15) is 5.82 Å². The predicted molar refractivity (Wildman–Crippen MR) is 109 cm³/mol. The van der Waals surface area contributed by atoms with E-state index in [0.717, 1.165) is 36.6 Å². The molecule has 1 atom stereocenters. The molecule has 0 aliphatic carbocycles. The van der Waals surface area contributed by atoms with E-state index >= 15 is 0 Å². The van der Waals surface area contributed by atoms with E-state index in [0.29, 0.717) is 18.8 Å². The normalized spacial score (nSPS) is 16.8. The Balaban J connectivity index is 1.59. The number of nitrogens with one attached hydrogen (secondary N) is 1. The monoisotopic (exact) mass is 386 g/mol. The van der Waals surface area contributed by atoms with E-state index < -0.39 is 0 Å². The number of aromatic nitrogens is 1. The standard InChI is InChI=1S/C20H26N4O2S/c1-3-23(4-2)18-10-9-16(13-21-18)22-19(25)15-7-5-11-24(14-15)20(26)17-8-6-12-27-17/h6,8-10,12-13,15H,3-5,7,11,14H2,1-2H3,(H,22,25). The van der Waals surface area contributed by atoms with Crippen LogP contribution in [-0.4, -0.2) is 47.9 Å². The number of amides is 2. The molecule has 144 valence electrons. The average Bonchev–Trinajstić information content (AvgIpc) is 3.24. The number of pyridine rings is 1. The molecule has 0 radical (unpaired) electrons. The summed E-state index contributed by atoms with van der Waals surface area (Å²) < 4.78 is 0. The quantitative estimate of drug-likeness (QED) is 0.825. The summed E-state index contributed by atoms with van der Waals surface area (Å²) in [6.07, 6.45) is 3.34. The lowest BCUT2D eigenvalue weighted by atomic mass is 9.97. The molecule has 3 rings (SSSR count). The maximum absolute atomic E-state index is 12.7. The van der Waals surface area contributed by atoms with Crippen molar-refractivity contribution in [3.63, 3.8) is 0 Å². The Morgan fingerprint density at radius 3 is 2.74 bits per heavy atom. The minimum atomic E-state index is -0.190. The van der Waals surface area contributed by atoms with E-state index in [-0.39, 0.29) is 17.7 Å². The van der Waals surface area contributed by atoms with Crippen LogP contribution in [0.3, 0.4) is 0 Å². The minimum Gasteiger partial charge on any atom is -0.357 e. The first-order valence-electron chi connectivity index (χ1n) is 9.47. The number of thiophene rings is 1. The highest BCUT2D eigenvalue weighted by molar-refractivity contribution is 7.12. The Morgan fingerprint density at radius 1 is 1.30 bits per heavy atom. The summed E-state index contributed by atoms with van der Waals surface area (Å²) >= 11 is 1.44. The number of hydrogen-bond donors (Lipinski definition) is 1. The van der Waals surface area contributed by atoms with Crippen molar-refractivity contribution >= 4 is 34.7 Å². The first-order valence-corrected chi connectivity index (χ1v) is 10.3. The minimum absolute atomic E-state index is 0.0211. The molecule has 1 saturated heterocycles. The van der Waals surface area contributed by atoms with Crippen LogP contribution in [0.5, 0.6) is 0 Å². The van der Waals surface area contributed by atoms with Crippen LogP contribution in [0.4, 0.5) is 11.5 Å². The van der Waals surface area contributed by atoms with Crippen molar-refractivity contribution < 1.29 is 9.59 Å². The van der Waals surface area contributed by atoms with Crippen LogP contribution in [0.2, 0.25) is 0 Å². The van der Waals surface area contributed by atoms with Gasteiger partial charge in [-0.1, -0.05) is 6.07 Å². The third kappa shape index (κ3) is 4.66. The van der Waals surface area contributed by atoms with Gasteiger partial charge in [0.25, 0.3) is 5.91 Å². The van der Waals surface area contributed by atoms with Gasteiger partial charge in [-0.2, -0.15) is 0 Å². The molecule has 3 heterocycles. The molecular formula is C20H26N4O2S. The third-order valence-corrected chi connectivity index (χ3v) is 5.77. The number of hydrogen-bond acceptors (Lipinski definition) is 5. The van der Waals surface area contributed by atoms with Gasteiger partial charge >= 0.3 is 0 Å². The zero-order valence-electron chi connectivity index (χ0n) is 15.9. The van der Waals surface area contributed by atoms with Gasteiger partial charge in [-0.25, -0.2) is 4.98 Å². The Labute approximate surface area is 164 Å². The second-order valence-corrected chi connectivity index (χ2v) is 7.58. The summed E-state index contributed by atoms with van der Waals surface area (Å²) in [4.78, 5) is 34.3. The van der Waals surface area contributed by atoms with Crippen LogP contribution in [0.1, 0.15) is 36.4 Å². The Hall–Kier alpha value is -2.41. The van der Waals surface area contributed by atoms with Crippen LogP contribution in [0, 0.1) is 5.92 Å². The molecule has 0 aromatic carbocycles. The zero-order valence-corrected chi connectivity index (χ0v) is 16.7. The van der Waals surface area contributed by atoms with Crippen LogP contribution in [0.15, 0.2) is 35.8 Å². The van der Waals surface area contributed by atoms with Crippen LogP contribution in [-0.2, 0) is 4.79 Å². The highest BCUT2D eigenvalue weighted by Crippen LogP contribution is 2.22. The van der Waals surface area contributed by atoms with E-state index in [9.17, 15) is 9.59 Å². The van der Waals surface area contributed by atoms with E-state index in [1.165, 1.54) is 11.3 Å². The van der Waals surface area contributed by atoms with Crippen molar-refractivity contribution in [2.45, 2.75) is 26.7 Å². The second-order valence-electron chi connectivity index (χ2n) is 6.63. The lowest BCUT2D eigenvalue weighted by molar-refractivity contribution is -0.121. The predicted octanol–water partition coefficient (Wildman–Crippen LogP) is 3.48. The number of nitrogens with zero attached hydrogens (tertiary/aromatic N) is 3. The molecule has 1 aliphatic heterocycles. The number of piperidine rings is 1. The maximum Gasteiger partial charge on any atom is 0.263 e. The molecule has 0 spiro atoms. The molecule has 1 fully saturated rings. The summed E-state index contributed by atoms with van der Waals surface area (Å²) in [6.45, 7) is 7.14. The van der Waals surface area contributed by atoms with Gasteiger partial charge in [0.15, 0.2) is 0 Å². The number of anilines is 2. The molecule has 6 nitrogen and oxygen atoms in total. The zero-order chi connectivity index (χ0) is 19.2.